The lowest BCUT2D eigenvalue weighted by Crippen LogP contribution is -2.45. The summed E-state index contributed by atoms with van der Waals surface area (Å²) < 4.78 is 10.8. The van der Waals surface area contributed by atoms with Crippen LogP contribution in [-0.4, -0.2) is 52.7 Å². The Morgan fingerprint density at radius 2 is 2.04 bits per heavy atom. The van der Waals surface area contributed by atoms with Gasteiger partial charge in [0.15, 0.2) is 5.82 Å². The molecule has 2 aromatic heterocycles. The van der Waals surface area contributed by atoms with Gasteiger partial charge in [-0.15, -0.1) is 0 Å². The number of piperidine rings is 1. The first-order valence-corrected chi connectivity index (χ1v) is 8.14. The number of hydrogen-bond donors (Lipinski definition) is 0. The van der Waals surface area contributed by atoms with Gasteiger partial charge >= 0.3 is 0 Å². The maximum atomic E-state index is 11.6. The molecule has 0 bridgehead atoms. The van der Waals surface area contributed by atoms with Crippen molar-refractivity contribution < 1.29 is 14.1 Å². The van der Waals surface area contributed by atoms with Gasteiger partial charge in [0.2, 0.25) is 5.91 Å². The average Bonchev–Trinajstić information content (AvgIpc) is 3.12. The monoisotopic (exact) mass is 330 g/mol. The molecule has 24 heavy (non-hydrogen) atoms. The zero-order chi connectivity index (χ0) is 17.0. The number of aromatic nitrogens is 3. The SMILES string of the molecule is COCCC1(c2noc(-c3ccncc3)n2)CCN(C(C)=O)CC1. The minimum absolute atomic E-state index is 0.112. The molecule has 2 aromatic rings. The number of ether oxygens (including phenoxy) is 1. The molecule has 0 N–H and O–H groups in total. The highest BCUT2D eigenvalue weighted by Crippen LogP contribution is 2.38. The van der Waals surface area contributed by atoms with Crippen LogP contribution >= 0.6 is 0 Å². The van der Waals surface area contributed by atoms with E-state index < -0.39 is 0 Å². The van der Waals surface area contributed by atoms with Gasteiger partial charge in [-0.25, -0.2) is 0 Å². The summed E-state index contributed by atoms with van der Waals surface area (Å²) in [6, 6.07) is 3.69. The molecule has 0 atom stereocenters. The fraction of sp³-hybridized carbons (Fsp3) is 0.529. The minimum Gasteiger partial charge on any atom is -0.385 e. The summed E-state index contributed by atoms with van der Waals surface area (Å²) in [5.74, 6) is 1.31. The summed E-state index contributed by atoms with van der Waals surface area (Å²) in [4.78, 5) is 22.1. The summed E-state index contributed by atoms with van der Waals surface area (Å²) in [5, 5.41) is 4.25. The molecule has 3 rings (SSSR count). The standard InChI is InChI=1S/C17H22N4O3/c1-13(22)21-10-5-17(6-11-21,7-12-23-2)16-19-15(24-20-16)14-3-8-18-9-4-14/h3-4,8-9H,5-7,10-12H2,1-2H3. The van der Waals surface area contributed by atoms with Crippen molar-refractivity contribution in [3.05, 3.63) is 30.4 Å². The van der Waals surface area contributed by atoms with E-state index in [9.17, 15) is 4.79 Å². The third-order valence-electron chi connectivity index (χ3n) is 4.78. The zero-order valence-corrected chi connectivity index (χ0v) is 14.1. The highest BCUT2D eigenvalue weighted by molar-refractivity contribution is 5.73. The Bertz CT molecular complexity index is 678. The van der Waals surface area contributed by atoms with Crippen LogP contribution in [0.4, 0.5) is 0 Å². The molecule has 0 spiro atoms. The molecule has 0 aromatic carbocycles. The second kappa shape index (κ2) is 7.09. The molecule has 7 nitrogen and oxygen atoms in total. The maximum absolute atomic E-state index is 11.6. The number of carbonyl (C=O) groups excluding carboxylic acids is 1. The first-order valence-electron chi connectivity index (χ1n) is 8.14. The van der Waals surface area contributed by atoms with E-state index in [1.165, 1.54) is 0 Å². The first kappa shape index (κ1) is 16.6. The Balaban J connectivity index is 1.85. The van der Waals surface area contributed by atoms with Crippen LogP contribution in [0.25, 0.3) is 11.5 Å². The van der Waals surface area contributed by atoms with Crippen molar-refractivity contribution in [1.82, 2.24) is 20.0 Å². The van der Waals surface area contributed by atoms with Crippen LogP contribution < -0.4 is 0 Å². The van der Waals surface area contributed by atoms with Crippen molar-refractivity contribution in [1.29, 1.82) is 0 Å². The van der Waals surface area contributed by atoms with Crippen molar-refractivity contribution in [3.8, 4) is 11.5 Å². The van der Waals surface area contributed by atoms with Crippen LogP contribution in [0, 0.1) is 0 Å². The summed E-state index contributed by atoms with van der Waals surface area (Å²) >= 11 is 0. The molecule has 0 aliphatic carbocycles. The summed E-state index contributed by atoms with van der Waals surface area (Å²) in [6.45, 7) is 3.65. The smallest absolute Gasteiger partial charge is 0.258 e. The number of hydrogen-bond acceptors (Lipinski definition) is 6. The second-order valence-electron chi connectivity index (χ2n) is 6.19. The number of amides is 1. The van der Waals surface area contributed by atoms with Gasteiger partial charge in [-0.1, -0.05) is 5.16 Å². The third-order valence-corrected chi connectivity index (χ3v) is 4.78. The van der Waals surface area contributed by atoms with E-state index in [4.69, 9.17) is 9.26 Å². The van der Waals surface area contributed by atoms with Gasteiger partial charge in [-0.05, 0) is 31.4 Å². The normalized spacial score (nSPS) is 17.0. The molecule has 1 aliphatic heterocycles. The highest BCUT2D eigenvalue weighted by Gasteiger charge is 2.40. The molecular formula is C17H22N4O3. The molecule has 7 heteroatoms. The number of rotatable bonds is 5. The molecule has 3 heterocycles. The molecule has 1 saturated heterocycles. The van der Waals surface area contributed by atoms with Crippen LogP contribution in [0.15, 0.2) is 29.0 Å². The molecule has 128 valence electrons. The minimum atomic E-state index is -0.212. The quantitative estimate of drug-likeness (QED) is 0.834. The lowest BCUT2D eigenvalue weighted by molar-refractivity contribution is -0.130. The Morgan fingerprint density at radius 3 is 2.67 bits per heavy atom. The lowest BCUT2D eigenvalue weighted by atomic mass is 9.75. The number of carbonyl (C=O) groups is 1. The second-order valence-corrected chi connectivity index (χ2v) is 6.19. The van der Waals surface area contributed by atoms with Gasteiger partial charge in [0, 0.05) is 57.1 Å². The summed E-state index contributed by atoms with van der Waals surface area (Å²) in [6.07, 6.45) is 5.83. The van der Waals surface area contributed by atoms with E-state index in [1.807, 2.05) is 17.0 Å². The van der Waals surface area contributed by atoms with E-state index in [0.29, 0.717) is 31.4 Å². The van der Waals surface area contributed by atoms with Crippen LogP contribution in [-0.2, 0) is 14.9 Å². The summed E-state index contributed by atoms with van der Waals surface area (Å²) in [5.41, 5.74) is 0.642. The Hall–Kier alpha value is -2.28. The lowest BCUT2D eigenvalue weighted by Gasteiger charge is -2.39. The van der Waals surface area contributed by atoms with E-state index in [0.717, 1.165) is 24.8 Å². The molecule has 1 aliphatic rings. The number of methoxy groups -OCH3 is 1. The van der Waals surface area contributed by atoms with E-state index in [-0.39, 0.29) is 11.3 Å². The van der Waals surface area contributed by atoms with Gasteiger partial charge < -0.3 is 14.2 Å². The van der Waals surface area contributed by atoms with Gasteiger partial charge in [0.25, 0.3) is 5.89 Å². The topological polar surface area (TPSA) is 81.3 Å². The van der Waals surface area contributed by atoms with Gasteiger partial charge in [0.05, 0.1) is 0 Å². The number of nitrogens with zero attached hydrogens (tertiary/aromatic N) is 4. The van der Waals surface area contributed by atoms with Crippen LogP contribution in [0.5, 0.6) is 0 Å². The van der Waals surface area contributed by atoms with E-state index >= 15 is 0 Å². The van der Waals surface area contributed by atoms with Crippen LogP contribution in [0.1, 0.15) is 32.0 Å². The van der Waals surface area contributed by atoms with E-state index in [1.54, 1.807) is 26.4 Å². The zero-order valence-electron chi connectivity index (χ0n) is 14.1. The Kier molecular flexibility index (Phi) is 4.89. The van der Waals surface area contributed by atoms with Crippen molar-refractivity contribution in [3.63, 3.8) is 0 Å². The maximum Gasteiger partial charge on any atom is 0.258 e. The molecule has 1 fully saturated rings. The predicted molar refractivity (Wildman–Crippen MR) is 87.2 cm³/mol. The fourth-order valence-corrected chi connectivity index (χ4v) is 3.18. The molecule has 1 amide bonds. The van der Waals surface area contributed by atoms with Crippen molar-refractivity contribution >= 4 is 5.91 Å². The predicted octanol–water partition coefficient (Wildman–Crippen LogP) is 2.05. The third kappa shape index (κ3) is 3.31. The molecule has 0 unspecified atom stereocenters. The van der Waals surface area contributed by atoms with Gasteiger partial charge in [-0.2, -0.15) is 4.98 Å². The Labute approximate surface area is 141 Å². The van der Waals surface area contributed by atoms with Crippen LogP contribution in [0.3, 0.4) is 0 Å². The van der Waals surface area contributed by atoms with Crippen molar-refractivity contribution in [2.24, 2.45) is 0 Å². The molecule has 0 radical (unpaired) electrons. The highest BCUT2D eigenvalue weighted by atomic mass is 16.5. The number of likely N-dealkylation sites (tertiary alicyclic amines) is 1. The Morgan fingerprint density at radius 1 is 1.33 bits per heavy atom. The molecular weight excluding hydrogens is 308 g/mol. The largest absolute Gasteiger partial charge is 0.385 e. The average molecular weight is 330 g/mol. The summed E-state index contributed by atoms with van der Waals surface area (Å²) in [7, 11) is 1.69. The van der Waals surface area contributed by atoms with E-state index in [2.05, 4.69) is 15.1 Å². The van der Waals surface area contributed by atoms with Crippen LogP contribution in [0.2, 0.25) is 0 Å². The first-order chi connectivity index (χ1) is 11.6. The fourth-order valence-electron chi connectivity index (χ4n) is 3.18. The number of pyridine rings is 1. The van der Waals surface area contributed by atoms with Crippen molar-refractivity contribution in [2.45, 2.75) is 31.6 Å². The van der Waals surface area contributed by atoms with Crippen molar-refractivity contribution in [2.75, 3.05) is 26.8 Å². The van der Waals surface area contributed by atoms with Gasteiger partial charge in [0.1, 0.15) is 0 Å². The van der Waals surface area contributed by atoms with Gasteiger partial charge in [-0.3, -0.25) is 9.78 Å². The molecule has 0 saturated carbocycles.